The fourth-order valence-corrected chi connectivity index (χ4v) is 4.24. The van der Waals surface area contributed by atoms with Gasteiger partial charge in [0.1, 0.15) is 0 Å². The second kappa shape index (κ2) is 8.69. The van der Waals surface area contributed by atoms with E-state index in [-0.39, 0.29) is 36.1 Å². The second-order valence-corrected chi connectivity index (χ2v) is 8.07. The number of hydrogen-bond donors (Lipinski definition) is 1. The van der Waals surface area contributed by atoms with Gasteiger partial charge < -0.3 is 15.1 Å². The van der Waals surface area contributed by atoms with Gasteiger partial charge >= 0.3 is 0 Å². The third-order valence-electron chi connectivity index (χ3n) is 6.07. The van der Waals surface area contributed by atoms with Gasteiger partial charge in [0.25, 0.3) is 0 Å². The second-order valence-electron chi connectivity index (χ2n) is 8.07. The van der Waals surface area contributed by atoms with Gasteiger partial charge in [-0.25, -0.2) is 0 Å². The maximum Gasteiger partial charge on any atom is 0.227 e. The van der Waals surface area contributed by atoms with Crippen LogP contribution >= 0.6 is 0 Å². The molecular weight excluding hydrogens is 378 g/mol. The Kier molecular flexibility index (Phi) is 5.84. The molecule has 2 atom stereocenters. The number of carbonyl (C=O) groups excluding carboxylic acids is 3. The molecule has 0 aliphatic carbocycles. The fourth-order valence-electron chi connectivity index (χ4n) is 4.24. The molecule has 2 aliphatic rings. The van der Waals surface area contributed by atoms with Crippen LogP contribution in [-0.2, 0) is 20.9 Å². The quantitative estimate of drug-likeness (QED) is 0.803. The summed E-state index contributed by atoms with van der Waals surface area (Å²) in [4.78, 5) is 40.6. The Morgan fingerprint density at radius 1 is 1.07 bits per heavy atom. The minimum Gasteiger partial charge on any atom is -0.352 e. The molecular formula is C24H27N3O3. The van der Waals surface area contributed by atoms with Crippen LogP contribution in [-0.4, -0.2) is 35.7 Å². The van der Waals surface area contributed by atoms with Crippen molar-refractivity contribution in [2.24, 2.45) is 5.92 Å². The third kappa shape index (κ3) is 4.22. The SMILES string of the molecule is CC(c1ccccc1)N1CC(C(=O)NCc2ccc(N3CCCC3=O)cc2)CC1=O. The highest BCUT2D eigenvalue weighted by Crippen LogP contribution is 2.28. The third-order valence-corrected chi connectivity index (χ3v) is 6.07. The standard InChI is InChI=1S/C24H27N3O3/c1-17(19-6-3-2-4-7-19)27-16-20(14-23(27)29)24(30)25-15-18-9-11-21(12-10-18)26-13-5-8-22(26)28/h2-4,6-7,9-12,17,20H,5,8,13-16H2,1H3,(H,25,30). The fraction of sp³-hybridized carbons (Fsp3) is 0.375. The first-order valence-corrected chi connectivity index (χ1v) is 10.5. The van der Waals surface area contributed by atoms with Gasteiger partial charge in [-0.15, -0.1) is 0 Å². The first-order chi connectivity index (χ1) is 14.5. The van der Waals surface area contributed by atoms with E-state index in [2.05, 4.69) is 5.32 Å². The number of nitrogens with zero attached hydrogens (tertiary/aromatic N) is 2. The summed E-state index contributed by atoms with van der Waals surface area (Å²) in [6.45, 7) is 3.62. The lowest BCUT2D eigenvalue weighted by atomic mass is 10.1. The van der Waals surface area contributed by atoms with Gasteiger partial charge in [0.05, 0.1) is 12.0 Å². The van der Waals surface area contributed by atoms with E-state index >= 15 is 0 Å². The number of hydrogen-bond acceptors (Lipinski definition) is 3. The molecule has 2 aromatic rings. The minimum absolute atomic E-state index is 0.0196. The van der Waals surface area contributed by atoms with Crippen molar-refractivity contribution in [1.82, 2.24) is 10.2 Å². The first kappa shape index (κ1) is 20.1. The highest BCUT2D eigenvalue weighted by Gasteiger charge is 2.36. The summed E-state index contributed by atoms with van der Waals surface area (Å²) >= 11 is 0. The van der Waals surface area contributed by atoms with Crippen LogP contribution in [0.5, 0.6) is 0 Å². The highest BCUT2D eigenvalue weighted by atomic mass is 16.2. The minimum atomic E-state index is -0.329. The zero-order chi connectivity index (χ0) is 21.1. The average molecular weight is 405 g/mol. The molecule has 4 rings (SSSR count). The normalized spacial score (nSPS) is 20.0. The van der Waals surface area contributed by atoms with Crippen LogP contribution in [0.3, 0.4) is 0 Å². The molecule has 6 heteroatoms. The molecule has 156 valence electrons. The number of rotatable bonds is 6. The van der Waals surface area contributed by atoms with Crippen LogP contribution in [0, 0.1) is 5.92 Å². The van der Waals surface area contributed by atoms with Gasteiger partial charge in [-0.3, -0.25) is 14.4 Å². The Labute approximate surface area is 176 Å². The molecule has 1 N–H and O–H groups in total. The molecule has 2 unspecified atom stereocenters. The zero-order valence-electron chi connectivity index (χ0n) is 17.2. The Bertz CT molecular complexity index is 926. The number of anilines is 1. The van der Waals surface area contributed by atoms with E-state index in [1.165, 1.54) is 0 Å². The van der Waals surface area contributed by atoms with Crippen molar-refractivity contribution in [1.29, 1.82) is 0 Å². The van der Waals surface area contributed by atoms with E-state index in [0.29, 0.717) is 19.5 Å². The van der Waals surface area contributed by atoms with Crippen LogP contribution < -0.4 is 10.2 Å². The van der Waals surface area contributed by atoms with Crippen molar-refractivity contribution in [3.8, 4) is 0 Å². The topological polar surface area (TPSA) is 69.7 Å². The van der Waals surface area contributed by atoms with Crippen LogP contribution in [0.25, 0.3) is 0 Å². The highest BCUT2D eigenvalue weighted by molar-refractivity contribution is 5.95. The van der Waals surface area contributed by atoms with Gasteiger partial charge in [-0.2, -0.15) is 0 Å². The first-order valence-electron chi connectivity index (χ1n) is 10.5. The molecule has 0 aromatic heterocycles. The van der Waals surface area contributed by atoms with Crippen LogP contribution in [0.1, 0.15) is 43.4 Å². The summed E-state index contributed by atoms with van der Waals surface area (Å²) in [6, 6.07) is 17.6. The lowest BCUT2D eigenvalue weighted by molar-refractivity contribution is -0.130. The van der Waals surface area contributed by atoms with E-state index in [4.69, 9.17) is 0 Å². The molecule has 2 fully saturated rings. The van der Waals surface area contributed by atoms with Crippen LogP contribution in [0.2, 0.25) is 0 Å². The summed E-state index contributed by atoms with van der Waals surface area (Å²) in [5, 5.41) is 2.96. The average Bonchev–Trinajstić information content (AvgIpc) is 3.38. The molecule has 2 aliphatic heterocycles. The monoisotopic (exact) mass is 405 g/mol. The summed E-state index contributed by atoms with van der Waals surface area (Å²) in [5.74, 6) is -0.238. The predicted octanol–water partition coefficient (Wildman–Crippen LogP) is 3.04. The summed E-state index contributed by atoms with van der Waals surface area (Å²) in [6.07, 6.45) is 1.76. The lowest BCUT2D eigenvalue weighted by Crippen LogP contribution is -2.33. The van der Waals surface area contributed by atoms with Crippen LogP contribution in [0.15, 0.2) is 54.6 Å². The van der Waals surface area contributed by atoms with Crippen LogP contribution in [0.4, 0.5) is 5.69 Å². The molecule has 2 heterocycles. The Morgan fingerprint density at radius 2 is 1.80 bits per heavy atom. The number of likely N-dealkylation sites (tertiary alicyclic amines) is 1. The van der Waals surface area contributed by atoms with E-state index in [9.17, 15) is 14.4 Å². The van der Waals surface area contributed by atoms with Gasteiger partial charge in [0.15, 0.2) is 0 Å². The Morgan fingerprint density at radius 3 is 2.47 bits per heavy atom. The molecule has 0 saturated carbocycles. The maximum absolute atomic E-state index is 12.6. The number of nitrogens with one attached hydrogen (secondary N) is 1. The largest absolute Gasteiger partial charge is 0.352 e. The molecule has 0 bridgehead atoms. The van der Waals surface area contributed by atoms with Crippen molar-refractivity contribution < 1.29 is 14.4 Å². The molecule has 0 radical (unpaired) electrons. The molecule has 2 saturated heterocycles. The van der Waals surface area contributed by atoms with E-state index in [1.807, 2.05) is 61.5 Å². The van der Waals surface area contributed by atoms with Gasteiger partial charge in [0.2, 0.25) is 17.7 Å². The zero-order valence-corrected chi connectivity index (χ0v) is 17.2. The number of amides is 3. The molecule has 2 aromatic carbocycles. The van der Waals surface area contributed by atoms with Crippen molar-refractivity contribution in [2.75, 3.05) is 18.0 Å². The van der Waals surface area contributed by atoms with Crippen molar-refractivity contribution in [2.45, 2.75) is 38.8 Å². The molecule has 6 nitrogen and oxygen atoms in total. The molecule has 0 spiro atoms. The Hall–Kier alpha value is -3.15. The predicted molar refractivity (Wildman–Crippen MR) is 115 cm³/mol. The van der Waals surface area contributed by atoms with Crippen molar-refractivity contribution in [3.05, 3.63) is 65.7 Å². The van der Waals surface area contributed by atoms with Gasteiger partial charge in [-0.1, -0.05) is 42.5 Å². The van der Waals surface area contributed by atoms with Gasteiger partial charge in [0, 0.05) is 38.2 Å². The summed E-state index contributed by atoms with van der Waals surface area (Å²) in [5.41, 5.74) is 2.94. The number of carbonyl (C=O) groups is 3. The number of benzene rings is 2. The lowest BCUT2D eigenvalue weighted by Gasteiger charge is -2.25. The Balaban J connectivity index is 1.31. The van der Waals surface area contributed by atoms with E-state index < -0.39 is 0 Å². The van der Waals surface area contributed by atoms with Gasteiger partial charge in [-0.05, 0) is 36.6 Å². The molecule has 3 amide bonds. The molecule has 30 heavy (non-hydrogen) atoms. The van der Waals surface area contributed by atoms with E-state index in [1.54, 1.807) is 9.80 Å². The summed E-state index contributed by atoms with van der Waals surface area (Å²) in [7, 11) is 0. The summed E-state index contributed by atoms with van der Waals surface area (Å²) < 4.78 is 0. The smallest absolute Gasteiger partial charge is 0.227 e. The van der Waals surface area contributed by atoms with Crippen molar-refractivity contribution in [3.63, 3.8) is 0 Å². The van der Waals surface area contributed by atoms with Crippen molar-refractivity contribution >= 4 is 23.4 Å². The maximum atomic E-state index is 12.6. The van der Waals surface area contributed by atoms with E-state index in [0.717, 1.165) is 29.8 Å².